The molecular weight excluding hydrogens is 254 g/mol. The van der Waals surface area contributed by atoms with Crippen LogP contribution in [-0.4, -0.2) is 28.7 Å². The molecule has 0 saturated heterocycles. The zero-order valence-electron chi connectivity index (χ0n) is 7.16. The number of pyridine rings is 1. The number of nitrogens with zero attached hydrogens (tertiary/aromatic N) is 1. The van der Waals surface area contributed by atoms with Crippen LogP contribution >= 0.6 is 27.7 Å². The highest BCUT2D eigenvalue weighted by Crippen LogP contribution is 2.24. The normalized spacial score (nSPS) is 10.0. The summed E-state index contributed by atoms with van der Waals surface area (Å²) in [7, 11) is 0. The van der Waals surface area contributed by atoms with E-state index in [4.69, 9.17) is 4.74 Å². The minimum Gasteiger partial charge on any atom is -0.503 e. The van der Waals surface area contributed by atoms with Gasteiger partial charge in [-0.25, -0.2) is 4.98 Å². The van der Waals surface area contributed by atoms with Crippen molar-refractivity contribution in [2.75, 3.05) is 18.6 Å². The minimum atomic E-state index is 0.0734. The smallest absolute Gasteiger partial charge is 0.257 e. The molecule has 0 aliphatic heterocycles. The van der Waals surface area contributed by atoms with Gasteiger partial charge >= 0.3 is 0 Å². The van der Waals surface area contributed by atoms with E-state index in [0.29, 0.717) is 11.2 Å². The molecule has 0 aliphatic carbocycles. The SMILES string of the molecule is CSCCOc1nc(Br)ccc1O. The van der Waals surface area contributed by atoms with Crippen molar-refractivity contribution in [2.24, 2.45) is 0 Å². The highest BCUT2D eigenvalue weighted by Gasteiger charge is 2.03. The van der Waals surface area contributed by atoms with Crippen LogP contribution in [0.1, 0.15) is 0 Å². The van der Waals surface area contributed by atoms with Crippen LogP contribution in [0.15, 0.2) is 16.7 Å². The number of thioether (sulfide) groups is 1. The molecule has 1 N–H and O–H groups in total. The molecule has 0 atom stereocenters. The van der Waals surface area contributed by atoms with Crippen LogP contribution in [-0.2, 0) is 0 Å². The molecule has 0 spiro atoms. The highest BCUT2D eigenvalue weighted by molar-refractivity contribution is 9.10. The van der Waals surface area contributed by atoms with Crippen molar-refractivity contribution < 1.29 is 9.84 Å². The molecule has 0 unspecified atom stereocenters. The molecule has 1 aromatic rings. The fourth-order valence-electron chi connectivity index (χ4n) is 0.738. The first-order valence-corrected chi connectivity index (χ1v) is 5.90. The average molecular weight is 264 g/mol. The van der Waals surface area contributed by atoms with Gasteiger partial charge in [-0.3, -0.25) is 0 Å². The van der Waals surface area contributed by atoms with E-state index in [9.17, 15) is 5.11 Å². The Morgan fingerprint density at radius 1 is 1.62 bits per heavy atom. The van der Waals surface area contributed by atoms with Crippen LogP contribution in [0.4, 0.5) is 0 Å². The van der Waals surface area contributed by atoms with E-state index in [0.717, 1.165) is 5.75 Å². The Hall–Kier alpha value is -0.420. The Labute approximate surface area is 89.6 Å². The second-order valence-corrected chi connectivity index (χ2v) is 4.10. The first-order chi connectivity index (χ1) is 6.24. The van der Waals surface area contributed by atoms with E-state index < -0.39 is 0 Å². The van der Waals surface area contributed by atoms with Crippen molar-refractivity contribution in [1.82, 2.24) is 4.98 Å². The summed E-state index contributed by atoms with van der Waals surface area (Å²) in [6, 6.07) is 3.21. The summed E-state index contributed by atoms with van der Waals surface area (Å²) in [5.74, 6) is 1.24. The summed E-state index contributed by atoms with van der Waals surface area (Å²) in [6.07, 6.45) is 2.00. The van der Waals surface area contributed by atoms with Crippen LogP contribution in [0.2, 0.25) is 0 Å². The Bertz CT molecular complexity index is 283. The number of aromatic nitrogens is 1. The average Bonchev–Trinajstić information content (AvgIpc) is 2.11. The molecule has 5 heteroatoms. The number of hydrogen-bond acceptors (Lipinski definition) is 4. The first kappa shape index (κ1) is 10.7. The summed E-state index contributed by atoms with van der Waals surface area (Å²) in [5, 5.41) is 9.32. The van der Waals surface area contributed by atoms with E-state index >= 15 is 0 Å². The van der Waals surface area contributed by atoms with Gasteiger partial charge in [0.1, 0.15) is 4.60 Å². The molecule has 72 valence electrons. The van der Waals surface area contributed by atoms with Crippen LogP contribution in [0, 0.1) is 0 Å². The van der Waals surface area contributed by atoms with Crippen LogP contribution < -0.4 is 4.74 Å². The van der Waals surface area contributed by atoms with Crippen molar-refractivity contribution in [2.45, 2.75) is 0 Å². The van der Waals surface area contributed by atoms with Crippen molar-refractivity contribution >= 4 is 27.7 Å². The molecule has 3 nitrogen and oxygen atoms in total. The van der Waals surface area contributed by atoms with Gasteiger partial charge < -0.3 is 9.84 Å². The number of rotatable bonds is 4. The molecule has 0 aromatic carbocycles. The lowest BCUT2D eigenvalue weighted by Gasteiger charge is -2.05. The largest absolute Gasteiger partial charge is 0.503 e. The zero-order valence-corrected chi connectivity index (χ0v) is 9.56. The predicted octanol–water partition coefficient (Wildman–Crippen LogP) is 2.29. The van der Waals surface area contributed by atoms with Gasteiger partial charge in [0.2, 0.25) is 0 Å². The first-order valence-electron chi connectivity index (χ1n) is 3.71. The summed E-state index contributed by atoms with van der Waals surface area (Å²) in [4.78, 5) is 3.98. The Morgan fingerprint density at radius 2 is 2.38 bits per heavy atom. The van der Waals surface area contributed by atoms with Gasteiger partial charge in [-0.05, 0) is 34.3 Å². The minimum absolute atomic E-state index is 0.0734. The predicted molar refractivity (Wildman–Crippen MR) is 57.5 cm³/mol. The number of hydrogen-bond donors (Lipinski definition) is 1. The molecule has 13 heavy (non-hydrogen) atoms. The molecule has 1 rings (SSSR count). The summed E-state index contributed by atoms with van der Waals surface area (Å²) < 4.78 is 5.90. The van der Waals surface area contributed by atoms with Gasteiger partial charge in [-0.1, -0.05) is 0 Å². The summed E-state index contributed by atoms with van der Waals surface area (Å²) in [6.45, 7) is 0.554. The van der Waals surface area contributed by atoms with Gasteiger partial charge in [-0.2, -0.15) is 11.8 Å². The third-order valence-electron chi connectivity index (χ3n) is 1.33. The second-order valence-electron chi connectivity index (χ2n) is 2.30. The maximum atomic E-state index is 9.32. The number of halogens is 1. The highest BCUT2D eigenvalue weighted by atomic mass is 79.9. The molecular formula is C8H10BrNO2S. The van der Waals surface area contributed by atoms with Gasteiger partial charge in [-0.15, -0.1) is 0 Å². The molecule has 0 fully saturated rings. The van der Waals surface area contributed by atoms with Crippen molar-refractivity contribution in [3.63, 3.8) is 0 Å². The molecule has 0 saturated carbocycles. The van der Waals surface area contributed by atoms with E-state index in [1.165, 1.54) is 0 Å². The van der Waals surface area contributed by atoms with Crippen LogP contribution in [0.3, 0.4) is 0 Å². The molecule has 0 radical (unpaired) electrons. The van der Waals surface area contributed by atoms with E-state index in [-0.39, 0.29) is 11.6 Å². The van der Waals surface area contributed by atoms with E-state index in [1.54, 1.807) is 23.9 Å². The molecule has 1 aromatic heterocycles. The van der Waals surface area contributed by atoms with Crippen LogP contribution in [0.25, 0.3) is 0 Å². The maximum absolute atomic E-state index is 9.32. The Balaban J connectivity index is 2.59. The van der Waals surface area contributed by atoms with Crippen molar-refractivity contribution in [3.05, 3.63) is 16.7 Å². The third kappa shape index (κ3) is 3.44. The standard InChI is InChI=1S/C8H10BrNO2S/c1-13-5-4-12-8-6(11)2-3-7(9)10-8/h2-3,11H,4-5H2,1H3. The monoisotopic (exact) mass is 263 g/mol. The number of ether oxygens (including phenoxy) is 1. The van der Waals surface area contributed by atoms with E-state index in [1.807, 2.05) is 6.26 Å². The van der Waals surface area contributed by atoms with Crippen molar-refractivity contribution in [1.29, 1.82) is 0 Å². The van der Waals surface area contributed by atoms with Crippen LogP contribution in [0.5, 0.6) is 11.6 Å². The Morgan fingerprint density at radius 3 is 3.08 bits per heavy atom. The lowest BCUT2D eigenvalue weighted by atomic mass is 10.4. The van der Waals surface area contributed by atoms with Gasteiger partial charge in [0.25, 0.3) is 5.88 Å². The van der Waals surface area contributed by atoms with E-state index in [2.05, 4.69) is 20.9 Å². The molecule has 0 amide bonds. The zero-order chi connectivity index (χ0) is 9.68. The fraction of sp³-hybridized carbons (Fsp3) is 0.375. The quantitative estimate of drug-likeness (QED) is 0.669. The molecule has 0 bridgehead atoms. The number of aromatic hydroxyl groups is 1. The molecule has 0 aliphatic rings. The second kappa shape index (κ2) is 5.34. The fourth-order valence-corrected chi connectivity index (χ4v) is 1.28. The summed E-state index contributed by atoms with van der Waals surface area (Å²) in [5.41, 5.74) is 0. The lowest BCUT2D eigenvalue weighted by molar-refractivity contribution is 0.307. The van der Waals surface area contributed by atoms with Gasteiger partial charge in [0.15, 0.2) is 5.75 Å². The summed E-state index contributed by atoms with van der Waals surface area (Å²) >= 11 is 4.88. The maximum Gasteiger partial charge on any atom is 0.257 e. The lowest BCUT2D eigenvalue weighted by Crippen LogP contribution is -2.01. The third-order valence-corrected chi connectivity index (χ3v) is 2.35. The van der Waals surface area contributed by atoms with Gasteiger partial charge in [0.05, 0.1) is 6.61 Å². The van der Waals surface area contributed by atoms with Crippen molar-refractivity contribution in [3.8, 4) is 11.6 Å². The van der Waals surface area contributed by atoms with Gasteiger partial charge in [0, 0.05) is 5.75 Å². The Kier molecular flexibility index (Phi) is 4.38. The topological polar surface area (TPSA) is 42.4 Å². The molecule has 1 heterocycles.